The molecule has 0 aromatic carbocycles. The van der Waals surface area contributed by atoms with Gasteiger partial charge in [0.05, 0.1) is 11.0 Å². The Bertz CT molecular complexity index is 655. The highest BCUT2D eigenvalue weighted by Gasteiger charge is 2.36. The van der Waals surface area contributed by atoms with Crippen molar-refractivity contribution >= 4 is 17.2 Å². The SMILES string of the molecule is CC(C)(CNC(=O)c1cc2c(s1)CCCCCC2)CN1CCC(O)C(C)(C)C1. The number of nitrogens with zero attached hydrogens (tertiary/aromatic N) is 1. The van der Waals surface area contributed by atoms with Crippen molar-refractivity contribution in [3.8, 4) is 0 Å². The van der Waals surface area contributed by atoms with Crippen molar-refractivity contribution in [1.29, 1.82) is 0 Å². The Kier molecular flexibility index (Phi) is 6.88. The first-order valence-electron chi connectivity index (χ1n) is 11.0. The summed E-state index contributed by atoms with van der Waals surface area (Å²) in [6.45, 7) is 12.2. The molecule has 158 valence electrons. The van der Waals surface area contributed by atoms with Gasteiger partial charge in [0.1, 0.15) is 0 Å². The number of thiophene rings is 1. The summed E-state index contributed by atoms with van der Waals surface area (Å²) in [7, 11) is 0. The molecule has 1 aromatic heterocycles. The second-order valence-corrected chi connectivity index (χ2v) is 11.5. The first kappa shape index (κ1) is 21.8. The Morgan fingerprint density at radius 3 is 2.71 bits per heavy atom. The van der Waals surface area contributed by atoms with Gasteiger partial charge in [-0.2, -0.15) is 0 Å². The Morgan fingerprint density at radius 2 is 2.00 bits per heavy atom. The van der Waals surface area contributed by atoms with Gasteiger partial charge in [-0.05, 0) is 49.1 Å². The first-order chi connectivity index (χ1) is 13.2. The summed E-state index contributed by atoms with van der Waals surface area (Å²) in [5.41, 5.74) is 1.34. The maximum absolute atomic E-state index is 12.8. The number of nitrogens with one attached hydrogen (secondary N) is 1. The molecule has 2 N–H and O–H groups in total. The van der Waals surface area contributed by atoms with Crippen molar-refractivity contribution in [1.82, 2.24) is 10.2 Å². The number of aliphatic hydroxyl groups is 1. The molecule has 0 bridgehead atoms. The van der Waals surface area contributed by atoms with E-state index in [0.717, 1.165) is 43.8 Å². The minimum atomic E-state index is -0.218. The van der Waals surface area contributed by atoms with Gasteiger partial charge in [-0.25, -0.2) is 0 Å². The number of piperidine rings is 1. The topological polar surface area (TPSA) is 52.6 Å². The van der Waals surface area contributed by atoms with Crippen LogP contribution in [0.15, 0.2) is 6.07 Å². The molecule has 1 unspecified atom stereocenters. The molecule has 1 saturated heterocycles. The molecule has 0 saturated carbocycles. The van der Waals surface area contributed by atoms with E-state index in [1.54, 1.807) is 11.3 Å². The molecular formula is C23H38N2O2S. The molecule has 1 atom stereocenters. The third-order valence-electron chi connectivity index (χ3n) is 6.35. The highest BCUT2D eigenvalue weighted by molar-refractivity contribution is 7.14. The summed E-state index contributed by atoms with van der Waals surface area (Å²) in [4.78, 5) is 17.5. The number of carbonyl (C=O) groups is 1. The summed E-state index contributed by atoms with van der Waals surface area (Å²) >= 11 is 1.70. The van der Waals surface area contributed by atoms with Gasteiger partial charge >= 0.3 is 0 Å². The second kappa shape index (κ2) is 8.85. The normalized spacial score (nSPS) is 23.5. The second-order valence-electron chi connectivity index (χ2n) is 10.3. The average molecular weight is 407 g/mol. The Labute approximate surface area is 174 Å². The molecule has 2 aliphatic rings. The molecule has 1 amide bonds. The quantitative estimate of drug-likeness (QED) is 0.768. The molecule has 2 heterocycles. The maximum atomic E-state index is 12.8. The minimum Gasteiger partial charge on any atom is -0.392 e. The van der Waals surface area contributed by atoms with Crippen LogP contribution in [0.1, 0.15) is 79.9 Å². The fraction of sp³-hybridized carbons (Fsp3) is 0.783. The maximum Gasteiger partial charge on any atom is 0.261 e. The summed E-state index contributed by atoms with van der Waals surface area (Å²) in [5.74, 6) is 0.0826. The lowest BCUT2D eigenvalue weighted by Crippen LogP contribution is -2.52. The number of hydrogen-bond acceptors (Lipinski definition) is 4. The number of hydrogen-bond donors (Lipinski definition) is 2. The van der Waals surface area contributed by atoms with E-state index >= 15 is 0 Å². The smallest absolute Gasteiger partial charge is 0.261 e. The van der Waals surface area contributed by atoms with Crippen molar-refractivity contribution in [2.45, 2.75) is 78.7 Å². The largest absolute Gasteiger partial charge is 0.392 e. The molecule has 1 aromatic rings. The molecular weight excluding hydrogens is 368 g/mol. The van der Waals surface area contributed by atoms with Crippen LogP contribution in [0.2, 0.25) is 0 Å². The highest BCUT2D eigenvalue weighted by atomic mass is 32.1. The van der Waals surface area contributed by atoms with E-state index in [9.17, 15) is 9.90 Å². The van der Waals surface area contributed by atoms with Crippen LogP contribution in [0.3, 0.4) is 0 Å². The molecule has 0 radical (unpaired) electrons. The number of rotatable bonds is 5. The number of carbonyl (C=O) groups excluding carboxylic acids is 1. The van der Waals surface area contributed by atoms with Gasteiger partial charge in [-0.3, -0.25) is 4.79 Å². The van der Waals surface area contributed by atoms with Crippen LogP contribution in [-0.2, 0) is 12.8 Å². The van der Waals surface area contributed by atoms with Gasteiger partial charge in [-0.1, -0.05) is 40.5 Å². The number of amides is 1. The molecule has 1 fully saturated rings. The molecule has 1 aliphatic carbocycles. The van der Waals surface area contributed by atoms with Crippen LogP contribution in [0.25, 0.3) is 0 Å². The third kappa shape index (κ3) is 5.58. The predicted octanol–water partition coefficient (Wildman–Crippen LogP) is 4.26. The van der Waals surface area contributed by atoms with Gasteiger partial charge < -0.3 is 15.3 Å². The number of fused-ring (bicyclic) bond motifs is 1. The molecule has 3 rings (SSSR count). The Morgan fingerprint density at radius 1 is 1.29 bits per heavy atom. The standard InChI is InChI=1S/C23H38N2O2S/c1-22(2,15-25-12-11-20(26)23(3,4)16-25)14-24-21(27)19-13-17-9-7-5-6-8-10-18(17)28-19/h13,20,26H,5-12,14-16H2,1-4H3,(H,24,27). The van der Waals surface area contributed by atoms with E-state index in [0.29, 0.717) is 6.54 Å². The van der Waals surface area contributed by atoms with E-state index < -0.39 is 0 Å². The van der Waals surface area contributed by atoms with Crippen LogP contribution in [0.5, 0.6) is 0 Å². The highest BCUT2D eigenvalue weighted by Crippen LogP contribution is 2.31. The molecule has 4 nitrogen and oxygen atoms in total. The Hall–Kier alpha value is -0.910. The predicted molar refractivity (Wildman–Crippen MR) is 117 cm³/mol. The zero-order valence-corrected chi connectivity index (χ0v) is 19.0. The molecule has 28 heavy (non-hydrogen) atoms. The monoisotopic (exact) mass is 406 g/mol. The van der Waals surface area contributed by atoms with Crippen molar-refractivity contribution in [3.63, 3.8) is 0 Å². The van der Waals surface area contributed by atoms with Gasteiger partial charge in [0, 0.05) is 36.5 Å². The summed E-state index contributed by atoms with van der Waals surface area (Å²) in [6.07, 6.45) is 8.01. The summed E-state index contributed by atoms with van der Waals surface area (Å²) in [5, 5.41) is 13.4. The van der Waals surface area contributed by atoms with Crippen molar-refractivity contribution < 1.29 is 9.90 Å². The third-order valence-corrected chi connectivity index (χ3v) is 7.59. The minimum absolute atomic E-state index is 0.000130. The summed E-state index contributed by atoms with van der Waals surface area (Å²) < 4.78 is 0. The molecule has 5 heteroatoms. The van der Waals surface area contributed by atoms with E-state index in [2.05, 4.69) is 44.0 Å². The van der Waals surface area contributed by atoms with Crippen LogP contribution in [0.4, 0.5) is 0 Å². The van der Waals surface area contributed by atoms with Gasteiger partial charge in [0.2, 0.25) is 0 Å². The molecule has 0 spiro atoms. The van der Waals surface area contributed by atoms with Gasteiger partial charge in [0.15, 0.2) is 0 Å². The zero-order valence-electron chi connectivity index (χ0n) is 18.1. The number of aliphatic hydroxyl groups excluding tert-OH is 1. The average Bonchev–Trinajstić information content (AvgIpc) is 2.98. The Balaban J connectivity index is 1.54. The fourth-order valence-corrected chi connectivity index (χ4v) is 5.79. The van der Waals surface area contributed by atoms with E-state index in [-0.39, 0.29) is 22.8 Å². The lowest BCUT2D eigenvalue weighted by Gasteiger charge is -2.44. The number of aryl methyl sites for hydroxylation is 2. The lowest BCUT2D eigenvalue weighted by atomic mass is 9.80. The first-order valence-corrected chi connectivity index (χ1v) is 11.8. The van der Waals surface area contributed by atoms with Gasteiger partial charge in [0.25, 0.3) is 5.91 Å². The number of likely N-dealkylation sites (tertiary alicyclic amines) is 1. The van der Waals surface area contributed by atoms with Crippen LogP contribution in [-0.4, -0.2) is 48.2 Å². The molecule has 1 aliphatic heterocycles. The van der Waals surface area contributed by atoms with Crippen LogP contribution in [0, 0.1) is 10.8 Å². The summed E-state index contributed by atoms with van der Waals surface area (Å²) in [6, 6.07) is 2.14. The van der Waals surface area contributed by atoms with Gasteiger partial charge in [-0.15, -0.1) is 11.3 Å². The van der Waals surface area contributed by atoms with Crippen molar-refractivity contribution in [2.75, 3.05) is 26.2 Å². The van der Waals surface area contributed by atoms with Crippen molar-refractivity contribution in [2.24, 2.45) is 10.8 Å². The lowest BCUT2D eigenvalue weighted by molar-refractivity contribution is -0.0336. The zero-order chi connectivity index (χ0) is 20.4. The van der Waals surface area contributed by atoms with Crippen LogP contribution < -0.4 is 5.32 Å². The van der Waals surface area contributed by atoms with E-state index in [4.69, 9.17) is 0 Å². The van der Waals surface area contributed by atoms with Crippen molar-refractivity contribution in [3.05, 3.63) is 21.4 Å². The fourth-order valence-electron chi connectivity index (χ4n) is 4.62. The van der Waals surface area contributed by atoms with Crippen LogP contribution >= 0.6 is 11.3 Å². The van der Waals surface area contributed by atoms with E-state index in [1.807, 2.05) is 0 Å². The van der Waals surface area contributed by atoms with E-state index in [1.165, 1.54) is 36.1 Å².